The van der Waals surface area contributed by atoms with Gasteiger partial charge in [-0.25, -0.2) is 19.4 Å². The standard InChI is InChI=1S/C20H25FN6S.HI/c1-4-22-20(24-8-7-19-25-12-14(2)28-19)26-13-16-5-6-18(17(21)11-16)27-10-9-23-15(27)3;/h5-6,9-12H,4,7-8,13H2,1-3H3,(H2,22,24,26);1H. The van der Waals surface area contributed by atoms with Crippen molar-refractivity contribution in [3.8, 4) is 5.69 Å². The van der Waals surface area contributed by atoms with Crippen LogP contribution in [0.4, 0.5) is 4.39 Å². The van der Waals surface area contributed by atoms with Crippen LogP contribution in [0.1, 0.15) is 28.2 Å². The van der Waals surface area contributed by atoms with Gasteiger partial charge in [0, 0.05) is 43.0 Å². The van der Waals surface area contributed by atoms with Gasteiger partial charge in [-0.15, -0.1) is 35.3 Å². The predicted molar refractivity (Wildman–Crippen MR) is 127 cm³/mol. The normalized spacial score (nSPS) is 11.2. The zero-order valence-corrected chi connectivity index (χ0v) is 19.9. The summed E-state index contributed by atoms with van der Waals surface area (Å²) in [5.74, 6) is 1.18. The van der Waals surface area contributed by atoms with E-state index in [0.717, 1.165) is 35.9 Å². The number of thiazole rings is 1. The highest BCUT2D eigenvalue weighted by Crippen LogP contribution is 2.17. The zero-order chi connectivity index (χ0) is 19.9. The fraction of sp³-hybridized carbons (Fsp3) is 0.350. The van der Waals surface area contributed by atoms with Crippen LogP contribution >= 0.6 is 35.3 Å². The summed E-state index contributed by atoms with van der Waals surface area (Å²) in [6.07, 6.45) is 6.15. The number of aryl methyl sites for hydroxylation is 2. The van der Waals surface area contributed by atoms with E-state index >= 15 is 0 Å². The Morgan fingerprint density at radius 2 is 2.07 bits per heavy atom. The highest BCUT2D eigenvalue weighted by molar-refractivity contribution is 14.0. The maximum atomic E-state index is 14.5. The fourth-order valence-electron chi connectivity index (χ4n) is 2.79. The van der Waals surface area contributed by atoms with Gasteiger partial charge >= 0.3 is 0 Å². The largest absolute Gasteiger partial charge is 0.357 e. The Bertz CT molecular complexity index is 952. The first-order valence-corrected chi connectivity index (χ1v) is 10.1. The first kappa shape index (κ1) is 23.3. The monoisotopic (exact) mass is 528 g/mol. The van der Waals surface area contributed by atoms with Crippen molar-refractivity contribution in [1.82, 2.24) is 25.2 Å². The summed E-state index contributed by atoms with van der Waals surface area (Å²) < 4.78 is 16.3. The SMILES string of the molecule is CCNC(=NCc1ccc(-n2ccnc2C)c(F)c1)NCCc1ncc(C)s1.I. The van der Waals surface area contributed by atoms with E-state index in [1.807, 2.05) is 26.1 Å². The molecule has 2 aromatic heterocycles. The Labute approximate surface area is 191 Å². The number of guanidine groups is 1. The van der Waals surface area contributed by atoms with Crippen LogP contribution < -0.4 is 10.6 Å². The molecule has 9 heteroatoms. The molecule has 0 aliphatic carbocycles. The maximum absolute atomic E-state index is 14.5. The lowest BCUT2D eigenvalue weighted by atomic mass is 10.2. The molecular weight excluding hydrogens is 502 g/mol. The summed E-state index contributed by atoms with van der Waals surface area (Å²) in [6.45, 7) is 7.81. The number of halogens is 2. The Hall–Kier alpha value is -2.01. The van der Waals surface area contributed by atoms with Crippen LogP contribution in [0.5, 0.6) is 0 Å². The van der Waals surface area contributed by atoms with E-state index in [2.05, 4.69) is 32.5 Å². The third-order valence-electron chi connectivity index (χ3n) is 4.16. The van der Waals surface area contributed by atoms with Crippen molar-refractivity contribution in [2.24, 2.45) is 4.99 Å². The molecule has 0 atom stereocenters. The van der Waals surface area contributed by atoms with Crippen molar-refractivity contribution >= 4 is 41.3 Å². The molecule has 2 N–H and O–H groups in total. The lowest BCUT2D eigenvalue weighted by Gasteiger charge is -2.11. The van der Waals surface area contributed by atoms with Gasteiger partial charge in [0.1, 0.15) is 11.6 Å². The molecule has 0 radical (unpaired) electrons. The summed E-state index contributed by atoms with van der Waals surface area (Å²) in [4.78, 5) is 14.3. The van der Waals surface area contributed by atoms with Crippen molar-refractivity contribution in [2.75, 3.05) is 13.1 Å². The van der Waals surface area contributed by atoms with Crippen molar-refractivity contribution < 1.29 is 4.39 Å². The van der Waals surface area contributed by atoms with E-state index in [1.54, 1.807) is 34.4 Å². The molecule has 6 nitrogen and oxygen atoms in total. The summed E-state index contributed by atoms with van der Waals surface area (Å²) >= 11 is 1.71. The number of aliphatic imine (C=N–C) groups is 1. The number of hydrogen-bond donors (Lipinski definition) is 2. The molecule has 3 rings (SSSR count). The molecule has 29 heavy (non-hydrogen) atoms. The van der Waals surface area contributed by atoms with Gasteiger partial charge in [-0.3, -0.25) is 0 Å². The molecule has 0 aliphatic rings. The highest BCUT2D eigenvalue weighted by atomic mass is 127. The lowest BCUT2D eigenvalue weighted by molar-refractivity contribution is 0.614. The number of hydrogen-bond acceptors (Lipinski definition) is 4. The summed E-state index contributed by atoms with van der Waals surface area (Å²) in [6, 6.07) is 5.18. The van der Waals surface area contributed by atoms with Crippen LogP contribution in [0.2, 0.25) is 0 Å². The van der Waals surface area contributed by atoms with Gasteiger partial charge in [-0.05, 0) is 38.5 Å². The van der Waals surface area contributed by atoms with Gasteiger partial charge in [0.25, 0.3) is 0 Å². The van der Waals surface area contributed by atoms with E-state index in [9.17, 15) is 4.39 Å². The van der Waals surface area contributed by atoms with Crippen molar-refractivity contribution in [2.45, 2.75) is 33.7 Å². The second-order valence-corrected chi connectivity index (χ2v) is 7.69. The second-order valence-electron chi connectivity index (χ2n) is 6.37. The van der Waals surface area contributed by atoms with Gasteiger partial charge in [-0.2, -0.15) is 0 Å². The van der Waals surface area contributed by atoms with Crippen LogP contribution in [0.25, 0.3) is 5.69 Å². The quantitative estimate of drug-likeness (QED) is 0.277. The minimum atomic E-state index is -0.286. The first-order valence-electron chi connectivity index (χ1n) is 9.29. The van der Waals surface area contributed by atoms with Crippen molar-refractivity contribution in [3.63, 3.8) is 0 Å². The Balaban J connectivity index is 0.00000300. The molecule has 3 aromatic rings. The molecule has 0 spiro atoms. The summed E-state index contributed by atoms with van der Waals surface area (Å²) in [7, 11) is 0. The molecule has 0 aliphatic heterocycles. The van der Waals surface area contributed by atoms with Crippen LogP contribution in [0.15, 0.2) is 41.8 Å². The van der Waals surface area contributed by atoms with E-state index < -0.39 is 0 Å². The third-order valence-corrected chi connectivity index (χ3v) is 5.13. The molecule has 1 aromatic carbocycles. The number of benzene rings is 1. The van der Waals surface area contributed by atoms with Gasteiger partial charge in [0.2, 0.25) is 0 Å². The molecule has 0 bridgehead atoms. The Morgan fingerprint density at radius 3 is 2.69 bits per heavy atom. The van der Waals surface area contributed by atoms with Gasteiger partial charge in [-0.1, -0.05) is 6.07 Å². The summed E-state index contributed by atoms with van der Waals surface area (Å²) in [5, 5.41) is 7.62. The lowest BCUT2D eigenvalue weighted by Crippen LogP contribution is -2.38. The topological polar surface area (TPSA) is 67.1 Å². The van der Waals surface area contributed by atoms with Crippen LogP contribution in [-0.4, -0.2) is 33.6 Å². The number of nitrogens with zero attached hydrogens (tertiary/aromatic N) is 4. The molecule has 2 heterocycles. The minimum Gasteiger partial charge on any atom is -0.357 e. The van der Waals surface area contributed by atoms with Crippen molar-refractivity contribution in [1.29, 1.82) is 0 Å². The number of nitrogens with one attached hydrogen (secondary N) is 2. The van der Waals surface area contributed by atoms with E-state index in [0.29, 0.717) is 18.2 Å². The highest BCUT2D eigenvalue weighted by Gasteiger charge is 2.08. The predicted octanol–water partition coefficient (Wildman–Crippen LogP) is 4.00. The third kappa shape index (κ3) is 6.49. The zero-order valence-electron chi connectivity index (χ0n) is 16.8. The van der Waals surface area contributed by atoms with E-state index in [4.69, 9.17) is 0 Å². The van der Waals surface area contributed by atoms with Gasteiger partial charge in [0.15, 0.2) is 5.96 Å². The molecular formula is C20H26FIN6S. The van der Waals surface area contributed by atoms with Crippen LogP contribution in [0, 0.1) is 19.7 Å². The maximum Gasteiger partial charge on any atom is 0.191 e. The van der Waals surface area contributed by atoms with Gasteiger partial charge in [0.05, 0.1) is 17.2 Å². The van der Waals surface area contributed by atoms with Gasteiger partial charge < -0.3 is 15.2 Å². The van der Waals surface area contributed by atoms with E-state index in [1.165, 1.54) is 10.9 Å². The summed E-state index contributed by atoms with van der Waals surface area (Å²) in [5.41, 5.74) is 1.30. The Kier molecular flexibility index (Phi) is 9.02. The minimum absolute atomic E-state index is 0. The second kappa shape index (κ2) is 11.2. The molecule has 156 valence electrons. The molecule has 0 fully saturated rings. The van der Waals surface area contributed by atoms with E-state index in [-0.39, 0.29) is 29.8 Å². The van der Waals surface area contributed by atoms with Crippen LogP contribution in [0.3, 0.4) is 0 Å². The molecule has 0 unspecified atom stereocenters. The molecule has 0 amide bonds. The van der Waals surface area contributed by atoms with Crippen molar-refractivity contribution in [3.05, 3.63) is 63.9 Å². The fourth-order valence-corrected chi connectivity index (χ4v) is 3.58. The molecule has 0 saturated carbocycles. The smallest absolute Gasteiger partial charge is 0.191 e. The average molecular weight is 528 g/mol. The number of rotatable bonds is 7. The average Bonchev–Trinajstić information content (AvgIpc) is 3.28. The number of imidazole rings is 1. The van der Waals surface area contributed by atoms with Crippen LogP contribution in [-0.2, 0) is 13.0 Å². The first-order chi connectivity index (χ1) is 13.6. The Morgan fingerprint density at radius 1 is 1.24 bits per heavy atom. The molecule has 0 saturated heterocycles. The number of aromatic nitrogens is 3.